The zero-order valence-electron chi connectivity index (χ0n) is 16.2. The highest BCUT2D eigenvalue weighted by atomic mass is 35.5. The van der Waals surface area contributed by atoms with Crippen LogP contribution < -0.4 is 5.32 Å². The summed E-state index contributed by atoms with van der Waals surface area (Å²) in [5.74, 6) is 0.488. The van der Waals surface area contributed by atoms with Gasteiger partial charge < -0.3 is 14.5 Å². The molecule has 0 saturated carbocycles. The molecule has 0 unspecified atom stereocenters. The van der Waals surface area contributed by atoms with Crippen LogP contribution in [0.25, 0.3) is 16.5 Å². The molecule has 1 aromatic carbocycles. The molecule has 1 heterocycles. The molecule has 0 bridgehead atoms. The number of allylic oxidation sites excluding steroid dienone is 4. The van der Waals surface area contributed by atoms with E-state index in [0.29, 0.717) is 21.8 Å². The highest BCUT2D eigenvalue weighted by Crippen LogP contribution is 2.38. The summed E-state index contributed by atoms with van der Waals surface area (Å²) in [6, 6.07) is 5.24. The van der Waals surface area contributed by atoms with Crippen LogP contribution in [0.15, 0.2) is 40.3 Å². The van der Waals surface area contributed by atoms with Crippen molar-refractivity contribution >= 4 is 34.2 Å². The second-order valence-corrected chi connectivity index (χ2v) is 8.23. The fraction of sp³-hybridized carbons (Fsp3) is 0.381. The van der Waals surface area contributed by atoms with Gasteiger partial charge in [-0.05, 0) is 62.9 Å². The molecule has 0 fully saturated rings. The third-order valence-corrected chi connectivity index (χ3v) is 4.59. The van der Waals surface area contributed by atoms with Crippen LogP contribution in [0.4, 0.5) is 18.0 Å². The number of nitrogens with one attached hydrogen (secondary N) is 1. The number of halogens is 4. The first-order valence-electron chi connectivity index (χ1n) is 9.08. The quantitative estimate of drug-likeness (QED) is 0.587. The van der Waals surface area contributed by atoms with Gasteiger partial charge in [-0.25, -0.2) is 4.79 Å². The van der Waals surface area contributed by atoms with E-state index in [2.05, 4.69) is 5.32 Å². The van der Waals surface area contributed by atoms with Crippen molar-refractivity contribution < 1.29 is 27.1 Å². The van der Waals surface area contributed by atoms with Gasteiger partial charge in [-0.3, -0.25) is 0 Å². The first-order chi connectivity index (χ1) is 13.4. The smallest absolute Gasteiger partial charge is 0.412 e. The first kappa shape index (κ1) is 21.3. The van der Waals surface area contributed by atoms with Gasteiger partial charge in [0.1, 0.15) is 11.4 Å². The van der Waals surface area contributed by atoms with Crippen LogP contribution in [-0.4, -0.2) is 17.9 Å². The standard InChI is InChI=1S/C21H21ClF3NO3/c1-20(2,3)29-19(27)26-11-16-9-14-8-13(10-17(22)18(14)28-16)12-4-6-15(7-5-12)21(23,24)25/h4,6,8-10H,5,7,11H2,1-3H3,(H,26,27). The van der Waals surface area contributed by atoms with Crippen molar-refractivity contribution in [2.75, 3.05) is 0 Å². The van der Waals surface area contributed by atoms with E-state index < -0.39 is 23.4 Å². The number of rotatable bonds is 3. The highest BCUT2D eigenvalue weighted by molar-refractivity contribution is 6.35. The van der Waals surface area contributed by atoms with E-state index in [0.717, 1.165) is 17.2 Å². The third-order valence-electron chi connectivity index (χ3n) is 4.31. The van der Waals surface area contributed by atoms with Crippen molar-refractivity contribution in [1.29, 1.82) is 0 Å². The average Bonchev–Trinajstić information content (AvgIpc) is 3.01. The van der Waals surface area contributed by atoms with Crippen LogP contribution in [-0.2, 0) is 11.3 Å². The Kier molecular flexibility index (Phi) is 5.72. The van der Waals surface area contributed by atoms with Crippen LogP contribution in [0, 0.1) is 0 Å². The number of alkyl carbamates (subject to hydrolysis) is 1. The Morgan fingerprint density at radius 1 is 1.17 bits per heavy atom. The molecule has 0 aliphatic heterocycles. The summed E-state index contributed by atoms with van der Waals surface area (Å²) in [4.78, 5) is 11.8. The maximum Gasteiger partial charge on any atom is 0.412 e. The Labute approximate surface area is 171 Å². The lowest BCUT2D eigenvalue weighted by Crippen LogP contribution is -2.32. The minimum Gasteiger partial charge on any atom is -0.458 e. The molecule has 156 valence electrons. The number of ether oxygens (including phenoxy) is 1. The molecular weight excluding hydrogens is 407 g/mol. The Morgan fingerprint density at radius 3 is 2.48 bits per heavy atom. The lowest BCUT2D eigenvalue weighted by atomic mass is 9.92. The van der Waals surface area contributed by atoms with E-state index in [1.807, 2.05) is 6.07 Å². The fourth-order valence-electron chi connectivity index (χ4n) is 3.02. The van der Waals surface area contributed by atoms with Crippen molar-refractivity contribution in [1.82, 2.24) is 5.32 Å². The molecule has 0 saturated heterocycles. The number of carbonyl (C=O) groups excluding carboxylic acids is 1. The third kappa shape index (κ3) is 5.35. The van der Waals surface area contributed by atoms with Crippen LogP contribution in [0.1, 0.15) is 44.9 Å². The van der Waals surface area contributed by atoms with Crippen molar-refractivity contribution in [2.45, 2.75) is 51.9 Å². The summed E-state index contributed by atoms with van der Waals surface area (Å²) >= 11 is 6.32. The Balaban J connectivity index is 1.79. The number of carbonyl (C=O) groups is 1. The number of benzene rings is 1. The van der Waals surface area contributed by atoms with Crippen molar-refractivity contribution in [2.24, 2.45) is 0 Å². The van der Waals surface area contributed by atoms with Crippen molar-refractivity contribution in [3.05, 3.63) is 52.3 Å². The van der Waals surface area contributed by atoms with Crippen LogP contribution >= 0.6 is 11.6 Å². The predicted molar refractivity (Wildman–Crippen MR) is 106 cm³/mol. The minimum atomic E-state index is -4.30. The zero-order valence-corrected chi connectivity index (χ0v) is 17.0. The van der Waals surface area contributed by atoms with Gasteiger partial charge in [0, 0.05) is 11.0 Å². The molecule has 8 heteroatoms. The van der Waals surface area contributed by atoms with E-state index in [-0.39, 0.29) is 19.4 Å². The maximum absolute atomic E-state index is 12.8. The van der Waals surface area contributed by atoms with E-state index in [1.165, 1.54) is 6.08 Å². The molecule has 0 atom stereocenters. The van der Waals surface area contributed by atoms with Gasteiger partial charge >= 0.3 is 12.3 Å². The predicted octanol–water partition coefficient (Wildman–Crippen LogP) is 6.78. The summed E-state index contributed by atoms with van der Waals surface area (Å²) in [5.41, 5.74) is 0.833. The van der Waals surface area contributed by atoms with Gasteiger partial charge in [0.15, 0.2) is 5.58 Å². The summed E-state index contributed by atoms with van der Waals surface area (Å²) < 4.78 is 49.3. The van der Waals surface area contributed by atoms with Gasteiger partial charge in [0.05, 0.1) is 11.6 Å². The topological polar surface area (TPSA) is 51.5 Å². The monoisotopic (exact) mass is 427 g/mol. The summed E-state index contributed by atoms with van der Waals surface area (Å²) in [6.07, 6.45) is -2.06. The molecule has 4 nitrogen and oxygen atoms in total. The molecule has 1 aromatic heterocycles. The summed E-state index contributed by atoms with van der Waals surface area (Å²) in [5, 5.41) is 3.67. The van der Waals surface area contributed by atoms with Crippen LogP contribution in [0.3, 0.4) is 0 Å². The molecule has 29 heavy (non-hydrogen) atoms. The number of alkyl halides is 3. The molecule has 3 rings (SSSR count). The Hall–Kier alpha value is -2.41. The molecule has 1 amide bonds. The lowest BCUT2D eigenvalue weighted by molar-refractivity contribution is -0.0939. The van der Waals surface area contributed by atoms with Gasteiger partial charge in [0.25, 0.3) is 0 Å². The van der Waals surface area contributed by atoms with E-state index in [4.69, 9.17) is 20.8 Å². The first-order valence-corrected chi connectivity index (χ1v) is 9.46. The van der Waals surface area contributed by atoms with Gasteiger partial charge in [-0.1, -0.05) is 23.8 Å². The van der Waals surface area contributed by atoms with Crippen molar-refractivity contribution in [3.63, 3.8) is 0 Å². The lowest BCUT2D eigenvalue weighted by Gasteiger charge is -2.19. The van der Waals surface area contributed by atoms with E-state index in [9.17, 15) is 18.0 Å². The average molecular weight is 428 g/mol. The van der Waals surface area contributed by atoms with Crippen LogP contribution in [0.5, 0.6) is 0 Å². The van der Waals surface area contributed by atoms with Crippen molar-refractivity contribution in [3.8, 4) is 0 Å². The van der Waals surface area contributed by atoms with E-state index in [1.54, 1.807) is 32.9 Å². The zero-order chi connectivity index (χ0) is 21.4. The molecular formula is C21H21ClF3NO3. The minimum absolute atomic E-state index is 0.0680. The Morgan fingerprint density at radius 2 is 1.90 bits per heavy atom. The Bertz CT molecular complexity index is 997. The van der Waals surface area contributed by atoms with Crippen LogP contribution in [0.2, 0.25) is 5.02 Å². The second kappa shape index (κ2) is 7.78. The second-order valence-electron chi connectivity index (χ2n) is 7.83. The summed E-state index contributed by atoms with van der Waals surface area (Å²) in [7, 11) is 0. The molecule has 2 aromatic rings. The van der Waals surface area contributed by atoms with Gasteiger partial charge in [0.2, 0.25) is 0 Å². The fourth-order valence-corrected chi connectivity index (χ4v) is 3.29. The number of hydrogen-bond acceptors (Lipinski definition) is 3. The van der Waals surface area contributed by atoms with E-state index >= 15 is 0 Å². The summed E-state index contributed by atoms with van der Waals surface area (Å²) in [6.45, 7) is 5.42. The van der Waals surface area contributed by atoms with Gasteiger partial charge in [-0.2, -0.15) is 13.2 Å². The SMILES string of the molecule is CC(C)(C)OC(=O)NCc1cc2cc(C3=CC=C(C(F)(F)F)CC3)cc(Cl)c2o1. The molecule has 1 N–H and O–H groups in total. The number of amides is 1. The maximum atomic E-state index is 12.8. The molecule has 0 radical (unpaired) electrons. The number of hydrogen-bond donors (Lipinski definition) is 1. The number of fused-ring (bicyclic) bond motifs is 1. The molecule has 0 spiro atoms. The largest absolute Gasteiger partial charge is 0.458 e. The normalized spacial score (nSPS) is 15.1. The molecule has 1 aliphatic carbocycles. The molecule has 1 aliphatic rings. The van der Waals surface area contributed by atoms with Gasteiger partial charge in [-0.15, -0.1) is 0 Å². The number of furan rings is 1. The highest BCUT2D eigenvalue weighted by Gasteiger charge is 2.33.